The number of amides is 2. The van der Waals surface area contributed by atoms with Crippen molar-refractivity contribution in [2.45, 2.75) is 70.2 Å². The van der Waals surface area contributed by atoms with E-state index in [0.29, 0.717) is 24.8 Å². The molecule has 0 bridgehead atoms. The van der Waals surface area contributed by atoms with Gasteiger partial charge in [-0.3, -0.25) is 9.59 Å². The Labute approximate surface area is 194 Å². The first-order chi connectivity index (χ1) is 15.6. The quantitative estimate of drug-likeness (QED) is 0.164. The van der Waals surface area contributed by atoms with Gasteiger partial charge in [0.2, 0.25) is 5.91 Å². The van der Waals surface area contributed by atoms with Crippen LogP contribution < -0.4 is 16.4 Å². The first-order valence-electron chi connectivity index (χ1n) is 11.1. The molecule has 2 amide bonds. The zero-order valence-corrected chi connectivity index (χ0v) is 19.5. The van der Waals surface area contributed by atoms with Gasteiger partial charge >= 0.3 is 5.97 Å². The summed E-state index contributed by atoms with van der Waals surface area (Å²) in [5.74, 6) is -1.92. The van der Waals surface area contributed by atoms with Gasteiger partial charge in [-0.2, -0.15) is 0 Å². The van der Waals surface area contributed by atoms with E-state index in [-0.39, 0.29) is 31.1 Å². The number of methoxy groups -OCH3 is 1. The number of ether oxygens (including phenoxy) is 1. The topological polar surface area (TPSA) is 171 Å². The molecule has 0 heterocycles. The first-order valence-corrected chi connectivity index (χ1v) is 11.1. The van der Waals surface area contributed by atoms with E-state index < -0.39 is 42.0 Å². The minimum atomic E-state index is -1.51. The number of unbranched alkanes of at least 4 members (excludes halogenated alkanes) is 1. The highest BCUT2D eigenvalue weighted by Gasteiger charge is 2.31. The highest BCUT2D eigenvalue weighted by molar-refractivity contribution is 5.92. The number of carbonyl (C=O) groups excluding carboxylic acids is 3. The van der Waals surface area contributed by atoms with E-state index in [1.807, 2.05) is 13.8 Å². The van der Waals surface area contributed by atoms with E-state index in [1.54, 1.807) is 12.1 Å². The lowest BCUT2D eigenvalue weighted by Crippen LogP contribution is -2.56. The SMILES string of the molecule is COC(=O)[C@H](Cc1ccc(O)cc1)NC(=O)[C@H](CC(C)C)NC(=O)[C@@H](O)[C@H](N)CCCCO. The number of rotatable bonds is 14. The molecule has 33 heavy (non-hydrogen) atoms. The fraction of sp³-hybridized carbons (Fsp3) is 0.609. The second-order valence-corrected chi connectivity index (χ2v) is 8.47. The summed E-state index contributed by atoms with van der Waals surface area (Å²) < 4.78 is 4.80. The van der Waals surface area contributed by atoms with Crippen LogP contribution in [0.2, 0.25) is 0 Å². The van der Waals surface area contributed by atoms with Crippen LogP contribution in [0.25, 0.3) is 0 Å². The van der Waals surface area contributed by atoms with Crippen LogP contribution in [0.1, 0.15) is 45.1 Å². The predicted octanol–water partition coefficient (Wildman–Crippen LogP) is -0.0258. The minimum Gasteiger partial charge on any atom is -0.508 e. The molecule has 1 rings (SSSR count). The molecule has 0 aliphatic carbocycles. The zero-order chi connectivity index (χ0) is 25.0. The lowest BCUT2D eigenvalue weighted by molar-refractivity contribution is -0.145. The van der Waals surface area contributed by atoms with Crippen LogP contribution in [0.4, 0.5) is 0 Å². The third kappa shape index (κ3) is 10.2. The van der Waals surface area contributed by atoms with Crippen LogP contribution in [0, 0.1) is 5.92 Å². The van der Waals surface area contributed by atoms with Crippen LogP contribution >= 0.6 is 0 Å². The number of aromatic hydroxyl groups is 1. The van der Waals surface area contributed by atoms with Gasteiger partial charge in [-0.05, 0) is 49.3 Å². The van der Waals surface area contributed by atoms with Crippen LogP contribution in [-0.4, -0.2) is 71.0 Å². The third-order valence-corrected chi connectivity index (χ3v) is 5.14. The van der Waals surface area contributed by atoms with E-state index >= 15 is 0 Å². The number of aliphatic hydroxyl groups excluding tert-OH is 2. The first kappa shape index (κ1) is 28.3. The number of aliphatic hydroxyl groups is 2. The molecule has 0 aliphatic rings. The van der Waals surface area contributed by atoms with E-state index in [4.69, 9.17) is 15.6 Å². The Kier molecular flexibility index (Phi) is 12.4. The number of hydrogen-bond donors (Lipinski definition) is 6. The van der Waals surface area contributed by atoms with Gasteiger partial charge in [-0.25, -0.2) is 4.79 Å². The van der Waals surface area contributed by atoms with Crippen LogP contribution in [0.5, 0.6) is 5.75 Å². The van der Waals surface area contributed by atoms with Gasteiger partial charge in [0.15, 0.2) is 0 Å². The molecule has 0 aliphatic heterocycles. The average molecular weight is 468 g/mol. The molecule has 0 aromatic heterocycles. The van der Waals surface area contributed by atoms with Gasteiger partial charge in [0, 0.05) is 19.1 Å². The Morgan fingerprint density at radius 2 is 1.64 bits per heavy atom. The second-order valence-electron chi connectivity index (χ2n) is 8.47. The summed E-state index contributed by atoms with van der Waals surface area (Å²) in [6.45, 7) is 3.74. The van der Waals surface area contributed by atoms with Gasteiger partial charge in [0.05, 0.1) is 7.11 Å². The van der Waals surface area contributed by atoms with Crippen LogP contribution in [0.15, 0.2) is 24.3 Å². The molecule has 10 nitrogen and oxygen atoms in total. The maximum atomic E-state index is 13.0. The Hall–Kier alpha value is -2.69. The molecule has 0 fully saturated rings. The van der Waals surface area contributed by atoms with Crippen molar-refractivity contribution in [3.8, 4) is 5.75 Å². The Morgan fingerprint density at radius 1 is 1.03 bits per heavy atom. The Balaban J connectivity index is 2.88. The van der Waals surface area contributed by atoms with Crippen molar-refractivity contribution < 1.29 is 34.4 Å². The van der Waals surface area contributed by atoms with Crippen molar-refractivity contribution >= 4 is 17.8 Å². The summed E-state index contributed by atoms with van der Waals surface area (Å²) in [6.07, 6.45) is 0.287. The van der Waals surface area contributed by atoms with Gasteiger partial charge in [-0.15, -0.1) is 0 Å². The van der Waals surface area contributed by atoms with Crippen molar-refractivity contribution in [2.24, 2.45) is 11.7 Å². The fourth-order valence-corrected chi connectivity index (χ4v) is 3.28. The molecule has 7 N–H and O–H groups in total. The lowest BCUT2D eigenvalue weighted by atomic mass is 10.00. The maximum Gasteiger partial charge on any atom is 0.328 e. The molecule has 0 saturated heterocycles. The van der Waals surface area contributed by atoms with Crippen molar-refractivity contribution in [1.82, 2.24) is 10.6 Å². The average Bonchev–Trinajstić information content (AvgIpc) is 2.78. The highest BCUT2D eigenvalue weighted by Crippen LogP contribution is 2.13. The summed E-state index contributed by atoms with van der Waals surface area (Å²) in [7, 11) is 1.21. The van der Waals surface area contributed by atoms with Crippen molar-refractivity contribution in [3.63, 3.8) is 0 Å². The highest BCUT2D eigenvalue weighted by atomic mass is 16.5. The van der Waals surface area contributed by atoms with E-state index in [0.717, 1.165) is 0 Å². The molecule has 0 unspecified atom stereocenters. The Morgan fingerprint density at radius 3 is 2.18 bits per heavy atom. The molecule has 1 aromatic rings. The van der Waals surface area contributed by atoms with Gasteiger partial charge < -0.3 is 36.4 Å². The smallest absolute Gasteiger partial charge is 0.328 e. The number of phenolic OH excluding ortho intramolecular Hbond substituents is 1. The normalized spacial score (nSPS) is 14.8. The van der Waals surface area contributed by atoms with Crippen LogP contribution in [0.3, 0.4) is 0 Å². The fourth-order valence-electron chi connectivity index (χ4n) is 3.28. The molecule has 10 heteroatoms. The summed E-state index contributed by atoms with van der Waals surface area (Å²) in [5.41, 5.74) is 6.57. The molecule has 0 radical (unpaired) electrons. The monoisotopic (exact) mass is 467 g/mol. The maximum absolute atomic E-state index is 13.0. The largest absolute Gasteiger partial charge is 0.508 e. The minimum absolute atomic E-state index is 0.00283. The standard InChI is InChI=1S/C23H37N3O7/c1-14(2)12-18(25-22(31)20(29)17(24)6-4-5-11-27)21(30)26-19(23(32)33-3)13-15-7-9-16(28)10-8-15/h7-10,14,17-20,27-29H,4-6,11-13,24H2,1-3H3,(H,25,31)(H,26,30)/t17-,18+,19+,20+/m1/s1. The summed E-state index contributed by atoms with van der Waals surface area (Å²) >= 11 is 0. The number of hydrogen-bond acceptors (Lipinski definition) is 8. The molecular formula is C23H37N3O7. The molecule has 0 spiro atoms. The number of phenols is 1. The van der Waals surface area contributed by atoms with Crippen molar-refractivity contribution in [3.05, 3.63) is 29.8 Å². The lowest BCUT2D eigenvalue weighted by Gasteiger charge is -2.25. The van der Waals surface area contributed by atoms with E-state index in [1.165, 1.54) is 19.2 Å². The number of benzene rings is 1. The van der Waals surface area contributed by atoms with Crippen molar-refractivity contribution in [1.29, 1.82) is 0 Å². The van der Waals surface area contributed by atoms with E-state index in [2.05, 4.69) is 10.6 Å². The van der Waals surface area contributed by atoms with E-state index in [9.17, 15) is 24.6 Å². The number of nitrogens with one attached hydrogen (secondary N) is 2. The zero-order valence-electron chi connectivity index (χ0n) is 19.5. The molecule has 0 saturated carbocycles. The number of nitrogens with two attached hydrogens (primary N) is 1. The van der Waals surface area contributed by atoms with Gasteiger partial charge in [0.25, 0.3) is 5.91 Å². The summed E-state index contributed by atoms with van der Waals surface area (Å²) in [5, 5.41) is 33.7. The summed E-state index contributed by atoms with van der Waals surface area (Å²) in [6, 6.07) is 3.35. The third-order valence-electron chi connectivity index (χ3n) is 5.14. The molecular weight excluding hydrogens is 430 g/mol. The number of carbonyl (C=O) groups is 3. The molecule has 4 atom stereocenters. The van der Waals surface area contributed by atoms with Gasteiger partial charge in [-0.1, -0.05) is 26.0 Å². The molecule has 186 valence electrons. The predicted molar refractivity (Wildman–Crippen MR) is 122 cm³/mol. The van der Waals surface area contributed by atoms with Crippen molar-refractivity contribution in [2.75, 3.05) is 13.7 Å². The second kappa shape index (κ2) is 14.5. The summed E-state index contributed by atoms with van der Waals surface area (Å²) in [4.78, 5) is 37.8. The van der Waals surface area contributed by atoms with Gasteiger partial charge in [0.1, 0.15) is 23.9 Å². The Bertz CT molecular complexity index is 755. The molecule has 1 aromatic carbocycles. The van der Waals surface area contributed by atoms with Crippen LogP contribution in [-0.2, 0) is 25.5 Å². The number of esters is 1.